The van der Waals surface area contributed by atoms with Crippen molar-refractivity contribution in [1.82, 2.24) is 5.32 Å². The number of amides is 1. The lowest BCUT2D eigenvalue weighted by Gasteiger charge is -2.11. The third kappa shape index (κ3) is 5.13. The largest absolute Gasteiger partial charge is 0.493 e. The molecule has 2 N–H and O–H groups in total. The monoisotopic (exact) mass is 381 g/mol. The highest BCUT2D eigenvalue weighted by atomic mass is 16.5. The topological polar surface area (TPSA) is 74.8 Å². The molecule has 3 rings (SSSR count). The number of benzene rings is 1. The fourth-order valence-corrected chi connectivity index (χ4v) is 2.81. The molecule has 146 valence electrons. The Hall–Kier alpha value is -3.28. The maximum Gasteiger partial charge on any atom is 0.287 e. The number of aromatic nitrogens is 1. The average molecular weight is 381 g/mol. The molecule has 0 saturated carbocycles. The summed E-state index contributed by atoms with van der Waals surface area (Å²) in [6, 6.07) is 13.1. The first-order valence-corrected chi connectivity index (χ1v) is 9.31. The third-order valence-electron chi connectivity index (χ3n) is 4.25. The first kappa shape index (κ1) is 19.5. The van der Waals surface area contributed by atoms with E-state index < -0.39 is 0 Å². The fraction of sp³-hybridized carbons (Fsp3) is 0.273. The molecule has 0 aliphatic heterocycles. The van der Waals surface area contributed by atoms with Crippen LogP contribution in [0.2, 0.25) is 0 Å². The average Bonchev–Trinajstić information content (AvgIpc) is 3.21. The molecule has 0 spiro atoms. The molecule has 0 bridgehead atoms. The van der Waals surface area contributed by atoms with E-state index in [1.165, 1.54) is 5.56 Å². The summed E-state index contributed by atoms with van der Waals surface area (Å²) >= 11 is 0. The molecule has 28 heavy (non-hydrogen) atoms. The van der Waals surface area contributed by atoms with E-state index >= 15 is 0 Å². The van der Waals surface area contributed by atoms with Gasteiger partial charge in [0.2, 0.25) is 0 Å². The summed E-state index contributed by atoms with van der Waals surface area (Å²) in [4.78, 5) is 15.2. The van der Waals surface area contributed by atoms with Crippen LogP contribution in [-0.2, 0) is 19.6 Å². The number of H-pyrrole nitrogens is 1. The van der Waals surface area contributed by atoms with Crippen molar-refractivity contribution in [3.8, 4) is 11.5 Å². The van der Waals surface area contributed by atoms with Crippen LogP contribution in [0.1, 0.15) is 40.8 Å². The Balaban J connectivity index is 1.56. The predicted octanol–water partition coefficient (Wildman–Crippen LogP) is 3.56. The Kier molecular flexibility index (Phi) is 6.68. The summed E-state index contributed by atoms with van der Waals surface area (Å²) in [5.41, 5.74) is 2.18. The van der Waals surface area contributed by atoms with Crippen molar-refractivity contribution in [3.05, 3.63) is 77.5 Å². The molecule has 0 aliphatic rings. The third-order valence-corrected chi connectivity index (χ3v) is 4.25. The fourth-order valence-electron chi connectivity index (χ4n) is 2.81. The van der Waals surface area contributed by atoms with Crippen molar-refractivity contribution in [3.63, 3.8) is 0 Å². The minimum atomic E-state index is -0.267. The van der Waals surface area contributed by atoms with E-state index in [0.29, 0.717) is 23.8 Å². The Morgan fingerprint density at radius 1 is 1.14 bits per heavy atom. The van der Waals surface area contributed by atoms with Gasteiger partial charge in [0.05, 0.1) is 7.11 Å². The van der Waals surface area contributed by atoms with E-state index in [-0.39, 0.29) is 18.3 Å². The van der Waals surface area contributed by atoms with E-state index in [1.54, 1.807) is 19.2 Å². The Morgan fingerprint density at radius 2 is 2.04 bits per heavy atom. The van der Waals surface area contributed by atoms with E-state index in [2.05, 4.69) is 17.2 Å². The van der Waals surface area contributed by atoms with E-state index in [1.807, 2.05) is 42.7 Å². The molecule has 2 heterocycles. The van der Waals surface area contributed by atoms with Crippen LogP contribution in [0, 0.1) is 0 Å². The van der Waals surface area contributed by atoms with Crippen LogP contribution < -0.4 is 19.8 Å². The van der Waals surface area contributed by atoms with Crippen molar-refractivity contribution < 1.29 is 23.7 Å². The highest BCUT2D eigenvalue weighted by Crippen LogP contribution is 2.29. The van der Waals surface area contributed by atoms with Crippen molar-refractivity contribution >= 4 is 5.91 Å². The predicted molar refractivity (Wildman–Crippen MR) is 104 cm³/mol. The molecule has 0 saturated heterocycles. The lowest BCUT2D eigenvalue weighted by atomic mass is 10.1. The lowest BCUT2D eigenvalue weighted by molar-refractivity contribution is -0.378. The van der Waals surface area contributed by atoms with Gasteiger partial charge in [0.25, 0.3) is 5.91 Å². The van der Waals surface area contributed by atoms with Gasteiger partial charge in [-0.2, -0.15) is 0 Å². The van der Waals surface area contributed by atoms with Gasteiger partial charge >= 0.3 is 0 Å². The summed E-state index contributed by atoms with van der Waals surface area (Å²) in [5.74, 6) is 1.89. The van der Waals surface area contributed by atoms with Crippen LogP contribution in [0.25, 0.3) is 0 Å². The summed E-state index contributed by atoms with van der Waals surface area (Å²) < 4.78 is 16.8. The number of nitrogens with one attached hydrogen (secondary N) is 2. The standard InChI is InChI=1S/C22H24N2O4/c1-3-5-16-7-9-19(21(12-16)26-2)27-15-18-8-10-20(28-18)22(25)24-14-17-6-4-11-23-13-17/h4,6-13H,3,5,14-15H2,1-2H3,(H,24,25)/p+1. The quantitative estimate of drug-likeness (QED) is 0.615. The number of carbonyl (C=O) groups is 1. The number of furan rings is 1. The number of aromatic amines is 1. The van der Waals surface area contributed by atoms with Crippen LogP contribution in [0.4, 0.5) is 0 Å². The molecule has 0 fully saturated rings. The maximum absolute atomic E-state index is 12.2. The number of rotatable bonds is 9. The molecular formula is C22H25N2O4+. The van der Waals surface area contributed by atoms with Gasteiger partial charge in [0.1, 0.15) is 12.4 Å². The molecule has 6 nitrogen and oxygen atoms in total. The van der Waals surface area contributed by atoms with Crippen LogP contribution in [0.15, 0.2) is 59.3 Å². The molecule has 6 heteroatoms. The zero-order valence-corrected chi connectivity index (χ0v) is 16.2. The minimum Gasteiger partial charge on any atom is -0.493 e. The molecule has 0 unspecified atom stereocenters. The van der Waals surface area contributed by atoms with Gasteiger partial charge in [0.15, 0.2) is 29.7 Å². The Bertz CT molecular complexity index is 906. The molecule has 1 amide bonds. The van der Waals surface area contributed by atoms with Crippen LogP contribution in [-0.4, -0.2) is 13.0 Å². The SMILES string of the molecule is CCCc1ccc(OCc2ccc(C(=O)NCc3ccc[nH+]c3)o2)c(OC)c1. The van der Waals surface area contributed by atoms with Gasteiger partial charge in [-0.25, -0.2) is 4.98 Å². The van der Waals surface area contributed by atoms with Gasteiger partial charge in [-0.1, -0.05) is 19.4 Å². The number of carbonyl (C=O) groups excluding carboxylic acids is 1. The first-order chi connectivity index (χ1) is 13.7. The second-order valence-electron chi connectivity index (χ2n) is 6.38. The number of ether oxygens (including phenoxy) is 2. The summed E-state index contributed by atoms with van der Waals surface area (Å²) in [5, 5.41) is 2.83. The zero-order chi connectivity index (χ0) is 19.8. The van der Waals surface area contributed by atoms with Crippen LogP contribution in [0.5, 0.6) is 11.5 Å². The normalized spacial score (nSPS) is 10.5. The maximum atomic E-state index is 12.2. The number of hydrogen-bond donors (Lipinski definition) is 1. The second kappa shape index (κ2) is 9.60. The first-order valence-electron chi connectivity index (χ1n) is 9.31. The molecule has 2 aromatic heterocycles. The molecule has 0 radical (unpaired) electrons. The minimum absolute atomic E-state index is 0.213. The Morgan fingerprint density at radius 3 is 2.79 bits per heavy atom. The van der Waals surface area contributed by atoms with Crippen molar-refractivity contribution in [2.45, 2.75) is 32.9 Å². The zero-order valence-electron chi connectivity index (χ0n) is 16.2. The van der Waals surface area contributed by atoms with E-state index in [0.717, 1.165) is 18.4 Å². The van der Waals surface area contributed by atoms with Crippen molar-refractivity contribution in [2.24, 2.45) is 0 Å². The number of pyridine rings is 1. The van der Waals surface area contributed by atoms with E-state index in [4.69, 9.17) is 13.9 Å². The summed E-state index contributed by atoms with van der Waals surface area (Å²) in [7, 11) is 1.62. The molecular weight excluding hydrogens is 356 g/mol. The van der Waals surface area contributed by atoms with Gasteiger partial charge in [-0.05, 0) is 42.3 Å². The number of aryl methyl sites for hydroxylation is 1. The highest BCUT2D eigenvalue weighted by molar-refractivity contribution is 5.91. The molecule has 1 aromatic carbocycles. The molecule has 0 atom stereocenters. The smallest absolute Gasteiger partial charge is 0.287 e. The van der Waals surface area contributed by atoms with Gasteiger partial charge < -0.3 is 19.2 Å². The molecule has 3 aromatic rings. The lowest BCUT2D eigenvalue weighted by Crippen LogP contribution is -2.23. The Labute approximate surface area is 164 Å². The summed E-state index contributed by atoms with van der Waals surface area (Å²) in [6.45, 7) is 2.77. The van der Waals surface area contributed by atoms with Gasteiger partial charge in [-0.3, -0.25) is 4.79 Å². The molecule has 0 aliphatic carbocycles. The summed E-state index contributed by atoms with van der Waals surface area (Å²) in [6.07, 6.45) is 5.72. The van der Waals surface area contributed by atoms with Crippen molar-refractivity contribution in [2.75, 3.05) is 7.11 Å². The van der Waals surface area contributed by atoms with Crippen LogP contribution in [0.3, 0.4) is 0 Å². The van der Waals surface area contributed by atoms with Gasteiger partial charge in [0, 0.05) is 18.2 Å². The number of hydrogen-bond acceptors (Lipinski definition) is 4. The number of methoxy groups -OCH3 is 1. The highest BCUT2D eigenvalue weighted by Gasteiger charge is 2.13. The second-order valence-corrected chi connectivity index (χ2v) is 6.38. The van der Waals surface area contributed by atoms with Gasteiger partial charge in [-0.15, -0.1) is 0 Å². The van der Waals surface area contributed by atoms with Crippen molar-refractivity contribution in [1.29, 1.82) is 0 Å². The van der Waals surface area contributed by atoms with E-state index in [9.17, 15) is 4.79 Å². The van der Waals surface area contributed by atoms with Crippen LogP contribution >= 0.6 is 0 Å².